The molecule has 2 heteroatoms. The van der Waals surface area contributed by atoms with Gasteiger partial charge in [-0.05, 0) is 41.3 Å². The Hall–Kier alpha value is -0.340. The first kappa shape index (κ1) is 12.7. The third-order valence-corrected chi connectivity index (χ3v) is 3.82. The van der Waals surface area contributed by atoms with Crippen molar-refractivity contribution in [2.45, 2.75) is 46.1 Å². The van der Waals surface area contributed by atoms with Crippen molar-refractivity contribution < 1.29 is 0 Å². The van der Waals surface area contributed by atoms with Gasteiger partial charge in [0.2, 0.25) is 0 Å². The molecule has 1 aromatic heterocycles. The van der Waals surface area contributed by atoms with E-state index in [4.69, 9.17) is 0 Å². The van der Waals surface area contributed by atoms with E-state index in [0.29, 0.717) is 6.04 Å². The number of nitrogens with one attached hydrogen (secondary N) is 1. The maximum absolute atomic E-state index is 3.59. The molecule has 1 rings (SSSR count). The molecular weight excluding hydrogens is 202 g/mol. The van der Waals surface area contributed by atoms with Gasteiger partial charge in [-0.1, -0.05) is 33.6 Å². The van der Waals surface area contributed by atoms with Crippen molar-refractivity contribution in [1.82, 2.24) is 5.32 Å². The lowest BCUT2D eigenvalue weighted by Gasteiger charge is -2.22. The number of hydrogen-bond acceptors (Lipinski definition) is 2. The Balaban J connectivity index is 2.58. The summed E-state index contributed by atoms with van der Waals surface area (Å²) in [6, 6.07) is 2.81. The molecule has 0 saturated heterocycles. The van der Waals surface area contributed by atoms with Gasteiger partial charge in [0, 0.05) is 6.04 Å². The third-order valence-electron chi connectivity index (χ3n) is 3.12. The van der Waals surface area contributed by atoms with Crippen molar-refractivity contribution in [3.05, 3.63) is 22.4 Å². The maximum atomic E-state index is 3.59. The van der Waals surface area contributed by atoms with E-state index >= 15 is 0 Å². The number of thiophene rings is 1. The quantitative estimate of drug-likeness (QED) is 0.732. The predicted octanol–water partition coefficient (Wildman–Crippen LogP) is 4.23. The maximum Gasteiger partial charge on any atom is 0.0331 e. The monoisotopic (exact) mass is 225 g/mol. The van der Waals surface area contributed by atoms with Gasteiger partial charge in [0.05, 0.1) is 0 Å². The molecule has 0 aromatic carbocycles. The summed E-state index contributed by atoms with van der Waals surface area (Å²) in [5.41, 5.74) is 1.47. The molecule has 15 heavy (non-hydrogen) atoms. The van der Waals surface area contributed by atoms with Gasteiger partial charge in [-0.25, -0.2) is 0 Å². The molecule has 1 aromatic rings. The molecule has 0 aliphatic carbocycles. The van der Waals surface area contributed by atoms with Crippen LogP contribution in [0, 0.1) is 5.92 Å². The van der Waals surface area contributed by atoms with Crippen LogP contribution in [0.4, 0.5) is 0 Å². The van der Waals surface area contributed by atoms with Gasteiger partial charge in [-0.2, -0.15) is 11.3 Å². The molecule has 1 heterocycles. The number of hydrogen-bond donors (Lipinski definition) is 1. The Bertz CT molecular complexity index is 239. The molecule has 0 bridgehead atoms. The van der Waals surface area contributed by atoms with E-state index in [9.17, 15) is 0 Å². The molecule has 0 saturated carbocycles. The zero-order chi connectivity index (χ0) is 11.1. The summed E-state index contributed by atoms with van der Waals surface area (Å²) in [5, 5.41) is 8.04. The smallest absolute Gasteiger partial charge is 0.0331 e. The van der Waals surface area contributed by atoms with Gasteiger partial charge in [-0.3, -0.25) is 0 Å². The van der Waals surface area contributed by atoms with Crippen LogP contribution in [0.15, 0.2) is 16.8 Å². The van der Waals surface area contributed by atoms with E-state index in [1.165, 1.54) is 24.8 Å². The highest BCUT2D eigenvalue weighted by Gasteiger charge is 2.15. The summed E-state index contributed by atoms with van der Waals surface area (Å²) < 4.78 is 0. The molecule has 0 spiro atoms. The molecule has 1 atom stereocenters. The Kier molecular flexibility index (Phi) is 5.96. The minimum absolute atomic E-state index is 0.561. The second kappa shape index (κ2) is 7.02. The predicted molar refractivity (Wildman–Crippen MR) is 69.4 cm³/mol. The fourth-order valence-corrected chi connectivity index (χ4v) is 2.73. The average molecular weight is 225 g/mol. The molecule has 0 radical (unpaired) electrons. The van der Waals surface area contributed by atoms with E-state index in [2.05, 4.69) is 42.9 Å². The molecule has 1 N–H and O–H groups in total. The van der Waals surface area contributed by atoms with Crippen LogP contribution < -0.4 is 5.32 Å². The largest absolute Gasteiger partial charge is 0.310 e. The average Bonchev–Trinajstić information content (AvgIpc) is 2.77. The lowest BCUT2D eigenvalue weighted by atomic mass is 9.92. The van der Waals surface area contributed by atoms with Crippen LogP contribution in [0.2, 0.25) is 0 Å². The summed E-state index contributed by atoms with van der Waals surface area (Å²) in [6.45, 7) is 7.84. The van der Waals surface area contributed by atoms with Crippen molar-refractivity contribution in [3.8, 4) is 0 Å². The summed E-state index contributed by atoms with van der Waals surface area (Å²) >= 11 is 1.80. The van der Waals surface area contributed by atoms with Crippen LogP contribution >= 0.6 is 11.3 Å². The fraction of sp³-hybridized carbons (Fsp3) is 0.692. The lowest BCUT2D eigenvalue weighted by Crippen LogP contribution is -2.22. The Morgan fingerprint density at radius 2 is 2.00 bits per heavy atom. The SMILES string of the molecule is CCNC(CC(CC)CC)c1ccsc1. The van der Waals surface area contributed by atoms with Gasteiger partial charge in [0.1, 0.15) is 0 Å². The summed E-state index contributed by atoms with van der Waals surface area (Å²) in [4.78, 5) is 0. The highest BCUT2D eigenvalue weighted by atomic mass is 32.1. The fourth-order valence-electron chi connectivity index (χ4n) is 2.01. The molecule has 0 amide bonds. The molecular formula is C13H23NS. The van der Waals surface area contributed by atoms with Gasteiger partial charge in [-0.15, -0.1) is 0 Å². The Labute approximate surface area is 97.9 Å². The first-order valence-electron chi connectivity index (χ1n) is 6.07. The lowest BCUT2D eigenvalue weighted by molar-refractivity contribution is 0.376. The van der Waals surface area contributed by atoms with Crippen LogP contribution in [0.25, 0.3) is 0 Å². The minimum Gasteiger partial charge on any atom is -0.310 e. The zero-order valence-electron chi connectivity index (χ0n) is 10.1. The normalized spacial score (nSPS) is 13.3. The van der Waals surface area contributed by atoms with Crippen LogP contribution in [0.3, 0.4) is 0 Å². The van der Waals surface area contributed by atoms with Crippen LogP contribution in [-0.4, -0.2) is 6.54 Å². The molecule has 86 valence electrons. The highest BCUT2D eigenvalue weighted by Crippen LogP contribution is 2.26. The van der Waals surface area contributed by atoms with E-state index < -0.39 is 0 Å². The van der Waals surface area contributed by atoms with Crippen LogP contribution in [-0.2, 0) is 0 Å². The zero-order valence-corrected chi connectivity index (χ0v) is 10.9. The van der Waals surface area contributed by atoms with E-state index in [1.807, 2.05) is 0 Å². The van der Waals surface area contributed by atoms with Crippen molar-refractivity contribution in [1.29, 1.82) is 0 Å². The van der Waals surface area contributed by atoms with Crippen molar-refractivity contribution in [2.75, 3.05) is 6.54 Å². The highest BCUT2D eigenvalue weighted by molar-refractivity contribution is 7.07. The van der Waals surface area contributed by atoms with Gasteiger partial charge >= 0.3 is 0 Å². The van der Waals surface area contributed by atoms with Gasteiger partial charge in [0.15, 0.2) is 0 Å². The summed E-state index contributed by atoms with van der Waals surface area (Å²) in [6.07, 6.45) is 3.86. The molecule has 0 fully saturated rings. The Morgan fingerprint density at radius 1 is 1.27 bits per heavy atom. The summed E-state index contributed by atoms with van der Waals surface area (Å²) in [7, 11) is 0. The number of rotatable bonds is 7. The first-order valence-corrected chi connectivity index (χ1v) is 7.01. The molecule has 1 unspecified atom stereocenters. The first-order chi connectivity index (χ1) is 7.31. The topological polar surface area (TPSA) is 12.0 Å². The van der Waals surface area contributed by atoms with E-state index in [-0.39, 0.29) is 0 Å². The van der Waals surface area contributed by atoms with E-state index in [0.717, 1.165) is 12.5 Å². The Morgan fingerprint density at radius 3 is 2.47 bits per heavy atom. The second-order valence-electron chi connectivity index (χ2n) is 4.09. The second-order valence-corrected chi connectivity index (χ2v) is 4.87. The molecule has 0 aliphatic heterocycles. The van der Waals surface area contributed by atoms with Crippen molar-refractivity contribution in [3.63, 3.8) is 0 Å². The molecule has 1 nitrogen and oxygen atoms in total. The third kappa shape index (κ3) is 3.96. The minimum atomic E-state index is 0.561. The van der Waals surface area contributed by atoms with Gasteiger partial charge in [0.25, 0.3) is 0 Å². The van der Waals surface area contributed by atoms with Gasteiger partial charge < -0.3 is 5.32 Å². The van der Waals surface area contributed by atoms with Crippen LogP contribution in [0.5, 0.6) is 0 Å². The molecule has 0 aliphatic rings. The van der Waals surface area contributed by atoms with Crippen LogP contribution in [0.1, 0.15) is 51.6 Å². The van der Waals surface area contributed by atoms with Crippen molar-refractivity contribution in [2.24, 2.45) is 5.92 Å². The van der Waals surface area contributed by atoms with E-state index in [1.54, 1.807) is 11.3 Å². The van der Waals surface area contributed by atoms with Crippen molar-refractivity contribution >= 4 is 11.3 Å². The summed E-state index contributed by atoms with van der Waals surface area (Å²) in [5.74, 6) is 0.856. The standard InChI is InChI=1S/C13H23NS/c1-4-11(5-2)9-13(14-6-3)12-7-8-15-10-12/h7-8,10-11,13-14H,4-6,9H2,1-3H3.